The second-order valence-corrected chi connectivity index (χ2v) is 13.6. The van der Waals surface area contributed by atoms with Gasteiger partial charge in [0.2, 0.25) is 5.16 Å². The number of nitrogens with zero attached hydrogens (tertiary/aromatic N) is 4. The van der Waals surface area contributed by atoms with Gasteiger partial charge >= 0.3 is 12.0 Å². The monoisotopic (exact) mass is 722 g/mol. The van der Waals surface area contributed by atoms with Gasteiger partial charge in [0.15, 0.2) is 6.29 Å². The van der Waals surface area contributed by atoms with Crippen LogP contribution in [0.1, 0.15) is 47.1 Å². The van der Waals surface area contributed by atoms with Gasteiger partial charge in [0, 0.05) is 37.2 Å². The molecule has 13 heteroatoms. The highest BCUT2D eigenvalue weighted by Crippen LogP contribution is 2.43. The molecule has 5 aromatic rings. The minimum absolute atomic E-state index is 0.00992. The number of urea groups is 1. The third-order valence-corrected chi connectivity index (χ3v) is 10.1. The second kappa shape index (κ2) is 17.4. The normalized spacial score (nSPS) is 19.1. The van der Waals surface area contributed by atoms with Crippen molar-refractivity contribution in [1.82, 2.24) is 30.8 Å². The number of tetrazole rings is 1. The summed E-state index contributed by atoms with van der Waals surface area (Å²) >= 11 is 1.53. The summed E-state index contributed by atoms with van der Waals surface area (Å²) in [5.41, 5.74) is 6.42. The molecule has 0 unspecified atom stereocenters. The first kappa shape index (κ1) is 36.7. The molecule has 5 atom stereocenters. The van der Waals surface area contributed by atoms with Gasteiger partial charge < -0.3 is 30.0 Å². The molecule has 1 aliphatic heterocycles. The fraction of sp³-hybridized carbons (Fsp3) is 0.308. The maximum Gasteiger partial charge on any atom is 0.328 e. The van der Waals surface area contributed by atoms with E-state index in [2.05, 4.69) is 39.1 Å². The zero-order valence-corrected chi connectivity index (χ0v) is 30.0. The van der Waals surface area contributed by atoms with E-state index in [4.69, 9.17) is 14.2 Å². The molecule has 0 bridgehead atoms. The highest BCUT2D eigenvalue weighted by Gasteiger charge is 2.38. The second-order valence-electron chi connectivity index (χ2n) is 12.6. The summed E-state index contributed by atoms with van der Waals surface area (Å²) in [5, 5.41) is 27.7. The zero-order valence-electron chi connectivity index (χ0n) is 29.2. The van der Waals surface area contributed by atoms with Gasteiger partial charge in [-0.25, -0.2) is 14.3 Å². The van der Waals surface area contributed by atoms with Gasteiger partial charge in [-0.1, -0.05) is 110 Å². The number of nitrogens with one attached hydrogen (secondary N) is 2. The van der Waals surface area contributed by atoms with E-state index in [9.17, 15) is 14.7 Å². The number of aromatic nitrogens is 4. The molecule has 4 aromatic carbocycles. The molecule has 12 nitrogen and oxygen atoms in total. The van der Waals surface area contributed by atoms with Crippen LogP contribution in [0.25, 0.3) is 11.1 Å². The van der Waals surface area contributed by atoms with Crippen LogP contribution in [0.5, 0.6) is 0 Å². The molecule has 0 spiro atoms. The van der Waals surface area contributed by atoms with E-state index in [1.807, 2.05) is 104 Å². The average molecular weight is 723 g/mol. The summed E-state index contributed by atoms with van der Waals surface area (Å²) in [6.45, 7) is 2.35. The maximum absolute atomic E-state index is 12.9. The molecule has 0 aliphatic carbocycles. The Hall–Kier alpha value is -5.08. The zero-order chi connectivity index (χ0) is 36.5. The van der Waals surface area contributed by atoms with Crippen molar-refractivity contribution in [1.29, 1.82) is 0 Å². The van der Waals surface area contributed by atoms with Crippen molar-refractivity contribution in [2.45, 2.75) is 56.2 Å². The van der Waals surface area contributed by atoms with Crippen LogP contribution in [0.4, 0.5) is 4.79 Å². The molecule has 52 heavy (non-hydrogen) atoms. The van der Waals surface area contributed by atoms with Crippen LogP contribution < -0.4 is 10.6 Å². The highest BCUT2D eigenvalue weighted by atomic mass is 32.2. The first-order chi connectivity index (χ1) is 25.3. The number of amides is 2. The first-order valence-electron chi connectivity index (χ1n) is 17.0. The van der Waals surface area contributed by atoms with Gasteiger partial charge in [-0.3, -0.25) is 0 Å². The average Bonchev–Trinajstić information content (AvgIpc) is 3.60. The standard InChI is InChI=1S/C39H42N6O6S/c1-25-34(24-52-39-42-43-44-45(39)2)50-37(51-35(25)29-17-15-27(23-46)16-18-29)32-14-8-13-31(21-32)30-12-7-11-28(19-30)22-40-38(48)41-33(36(47)49-3)20-26-9-5-4-6-10-26/h4-19,21,25,33-35,37,46H,20,22-24H2,1-3H3,(H2,40,41,48)/t25-,33-,34+,35+,37+/m0/s1. The third kappa shape index (κ3) is 9.22. The molecule has 1 saturated heterocycles. The lowest BCUT2D eigenvalue weighted by molar-refractivity contribution is -0.268. The lowest BCUT2D eigenvalue weighted by Gasteiger charge is -2.41. The Bertz CT molecular complexity index is 1940. The Morgan fingerprint density at radius 1 is 0.904 bits per heavy atom. The summed E-state index contributed by atoms with van der Waals surface area (Å²) in [7, 11) is 3.12. The number of rotatable bonds is 13. The van der Waals surface area contributed by atoms with Crippen LogP contribution in [-0.2, 0) is 45.6 Å². The van der Waals surface area contributed by atoms with Gasteiger partial charge in [-0.05, 0) is 55.9 Å². The molecule has 0 saturated carbocycles. The molecule has 2 amide bonds. The summed E-state index contributed by atoms with van der Waals surface area (Å²) in [5.74, 6) is 0.116. The molecule has 1 fully saturated rings. The Balaban J connectivity index is 1.16. The van der Waals surface area contributed by atoms with Gasteiger partial charge in [0.25, 0.3) is 0 Å². The maximum atomic E-state index is 12.9. The predicted octanol–water partition coefficient (Wildman–Crippen LogP) is 5.54. The van der Waals surface area contributed by atoms with E-state index in [1.54, 1.807) is 4.68 Å². The number of methoxy groups -OCH3 is 1. The number of carbonyl (C=O) groups excluding carboxylic acids is 2. The fourth-order valence-electron chi connectivity index (χ4n) is 6.11. The van der Waals surface area contributed by atoms with E-state index >= 15 is 0 Å². The number of hydrogen-bond donors (Lipinski definition) is 3. The van der Waals surface area contributed by atoms with Crippen molar-refractivity contribution in [3.05, 3.63) is 131 Å². The fourth-order valence-corrected chi connectivity index (χ4v) is 7.13. The number of aliphatic hydroxyl groups is 1. The van der Waals surface area contributed by atoms with Crippen LogP contribution in [0.3, 0.4) is 0 Å². The number of aliphatic hydroxyl groups excluding tert-OH is 1. The molecule has 6 rings (SSSR count). The molecule has 1 aromatic heterocycles. The topological polar surface area (TPSA) is 150 Å². The third-order valence-electron chi connectivity index (χ3n) is 9.03. The van der Waals surface area contributed by atoms with Crippen molar-refractivity contribution in [2.75, 3.05) is 12.9 Å². The number of thioether (sulfide) groups is 1. The molecule has 3 N–H and O–H groups in total. The first-order valence-corrected chi connectivity index (χ1v) is 18.0. The largest absolute Gasteiger partial charge is 0.467 e. The van der Waals surface area contributed by atoms with E-state index in [-0.39, 0.29) is 31.3 Å². The molecule has 2 heterocycles. The number of esters is 1. The number of hydrogen-bond acceptors (Lipinski definition) is 10. The highest BCUT2D eigenvalue weighted by molar-refractivity contribution is 7.99. The van der Waals surface area contributed by atoms with Crippen molar-refractivity contribution in [2.24, 2.45) is 13.0 Å². The molecule has 1 aliphatic rings. The van der Waals surface area contributed by atoms with Gasteiger partial charge in [0.05, 0.1) is 25.9 Å². The van der Waals surface area contributed by atoms with Crippen LogP contribution in [0, 0.1) is 5.92 Å². The minimum Gasteiger partial charge on any atom is -0.467 e. The number of carbonyl (C=O) groups is 2. The quantitative estimate of drug-likeness (QED) is 0.105. The number of ether oxygens (including phenoxy) is 3. The van der Waals surface area contributed by atoms with E-state index in [0.717, 1.165) is 38.9 Å². The Morgan fingerprint density at radius 2 is 1.63 bits per heavy atom. The van der Waals surface area contributed by atoms with Crippen molar-refractivity contribution >= 4 is 23.8 Å². The summed E-state index contributed by atoms with van der Waals surface area (Å²) in [4.78, 5) is 25.3. The van der Waals surface area contributed by atoms with Crippen molar-refractivity contribution in [3.63, 3.8) is 0 Å². The number of aryl methyl sites for hydroxylation is 1. The minimum atomic E-state index is -0.824. The molecule has 270 valence electrons. The van der Waals surface area contributed by atoms with Crippen LogP contribution in [-0.4, -0.2) is 62.3 Å². The molecular formula is C39H42N6O6S. The predicted molar refractivity (Wildman–Crippen MR) is 196 cm³/mol. The Kier molecular flexibility index (Phi) is 12.3. The van der Waals surface area contributed by atoms with E-state index in [1.165, 1.54) is 18.9 Å². The van der Waals surface area contributed by atoms with Crippen LogP contribution in [0.15, 0.2) is 108 Å². The Morgan fingerprint density at radius 3 is 2.35 bits per heavy atom. The molecular weight excluding hydrogens is 681 g/mol. The van der Waals surface area contributed by atoms with Crippen molar-refractivity contribution in [3.8, 4) is 11.1 Å². The summed E-state index contributed by atoms with van der Waals surface area (Å²) < 4.78 is 19.9. The lowest BCUT2D eigenvalue weighted by atomic mass is 9.91. The van der Waals surface area contributed by atoms with Crippen LogP contribution in [0.2, 0.25) is 0 Å². The van der Waals surface area contributed by atoms with Crippen LogP contribution >= 0.6 is 11.8 Å². The van der Waals surface area contributed by atoms with Gasteiger partial charge in [-0.2, -0.15) is 0 Å². The van der Waals surface area contributed by atoms with Gasteiger partial charge in [0.1, 0.15) is 6.04 Å². The lowest BCUT2D eigenvalue weighted by Crippen LogP contribution is -2.47. The SMILES string of the molecule is COC(=O)[C@H](Cc1ccccc1)NC(=O)NCc1cccc(-c2cccc([C@@H]3O[C@H](CSc4nnnn4C)[C@H](C)[C@H](c4ccc(CO)cc4)O3)c2)c1. The molecule has 0 radical (unpaired) electrons. The van der Waals surface area contributed by atoms with Crippen molar-refractivity contribution < 1.29 is 28.9 Å². The smallest absolute Gasteiger partial charge is 0.328 e. The van der Waals surface area contributed by atoms with Gasteiger partial charge in [-0.15, -0.1) is 5.10 Å². The summed E-state index contributed by atoms with van der Waals surface area (Å²) in [6.07, 6.45) is -0.770. The van der Waals surface area contributed by atoms with E-state index in [0.29, 0.717) is 17.3 Å². The summed E-state index contributed by atoms with van der Waals surface area (Å²) in [6, 6.07) is 32.0. The Labute approximate surface area is 306 Å². The van der Waals surface area contributed by atoms with E-state index < -0.39 is 24.3 Å². The number of benzene rings is 4.